The van der Waals surface area contributed by atoms with Gasteiger partial charge in [-0.1, -0.05) is 25.8 Å². The predicted octanol–water partition coefficient (Wildman–Crippen LogP) is 3.12. The normalized spacial score (nSPS) is 28.7. The van der Waals surface area contributed by atoms with Crippen LogP contribution in [-0.2, 0) is 0 Å². The molecule has 0 heterocycles. The maximum Gasteiger partial charge on any atom is 0.00982 e. The van der Waals surface area contributed by atoms with Crippen LogP contribution in [0.25, 0.3) is 0 Å². The number of allylic oxidation sites excluding steroid dienone is 1. The molecule has 0 saturated heterocycles. The Bertz CT molecular complexity index is 142. The highest BCUT2D eigenvalue weighted by molar-refractivity contribution is 4.85. The largest absolute Gasteiger partial charge is 0.314 e. The summed E-state index contributed by atoms with van der Waals surface area (Å²) >= 11 is 0. The van der Waals surface area contributed by atoms with Crippen LogP contribution in [-0.4, -0.2) is 12.6 Å². The Morgan fingerprint density at radius 2 is 2.15 bits per heavy atom. The first-order chi connectivity index (χ1) is 6.38. The van der Waals surface area contributed by atoms with Gasteiger partial charge in [-0.15, -0.1) is 6.58 Å². The van der Waals surface area contributed by atoms with Gasteiger partial charge < -0.3 is 5.32 Å². The summed E-state index contributed by atoms with van der Waals surface area (Å²) in [5.41, 5.74) is 0. The lowest BCUT2D eigenvalue weighted by molar-refractivity contribution is 0.264. The van der Waals surface area contributed by atoms with Gasteiger partial charge in [0.25, 0.3) is 0 Å². The second-order valence-electron chi connectivity index (χ2n) is 4.13. The Balaban J connectivity index is 2.32. The fourth-order valence-corrected chi connectivity index (χ4v) is 2.30. The molecule has 0 aliphatic heterocycles. The molecule has 0 aromatic carbocycles. The van der Waals surface area contributed by atoms with E-state index in [2.05, 4.69) is 24.9 Å². The van der Waals surface area contributed by atoms with Gasteiger partial charge >= 0.3 is 0 Å². The molecule has 13 heavy (non-hydrogen) atoms. The third-order valence-corrected chi connectivity index (χ3v) is 3.04. The first-order valence-electron chi connectivity index (χ1n) is 5.72. The molecule has 1 fully saturated rings. The SMILES string of the molecule is C=CCC1CCCCC1NCCC. The maximum atomic E-state index is 3.84. The second kappa shape index (κ2) is 6.20. The van der Waals surface area contributed by atoms with E-state index < -0.39 is 0 Å². The van der Waals surface area contributed by atoms with E-state index in [1.54, 1.807) is 0 Å². The molecule has 1 rings (SSSR count). The van der Waals surface area contributed by atoms with Crippen LogP contribution in [0.2, 0.25) is 0 Å². The molecule has 2 unspecified atom stereocenters. The van der Waals surface area contributed by atoms with E-state index >= 15 is 0 Å². The van der Waals surface area contributed by atoms with Gasteiger partial charge in [-0.05, 0) is 38.1 Å². The standard InChI is InChI=1S/C12H23N/c1-3-7-11-8-5-6-9-12(11)13-10-4-2/h3,11-13H,1,4-10H2,2H3. The summed E-state index contributed by atoms with van der Waals surface area (Å²) in [5.74, 6) is 0.859. The van der Waals surface area contributed by atoms with Gasteiger partial charge in [0.1, 0.15) is 0 Å². The second-order valence-corrected chi connectivity index (χ2v) is 4.13. The Morgan fingerprint density at radius 1 is 1.38 bits per heavy atom. The average Bonchev–Trinajstić information content (AvgIpc) is 2.17. The van der Waals surface area contributed by atoms with Crippen molar-refractivity contribution < 1.29 is 0 Å². The van der Waals surface area contributed by atoms with E-state index in [4.69, 9.17) is 0 Å². The van der Waals surface area contributed by atoms with Crippen molar-refractivity contribution in [2.45, 2.75) is 51.5 Å². The zero-order valence-corrected chi connectivity index (χ0v) is 8.89. The van der Waals surface area contributed by atoms with E-state index in [1.807, 2.05) is 0 Å². The van der Waals surface area contributed by atoms with Gasteiger partial charge in [0.15, 0.2) is 0 Å². The fraction of sp³-hybridized carbons (Fsp3) is 0.833. The van der Waals surface area contributed by atoms with Gasteiger partial charge in [0.2, 0.25) is 0 Å². The fourth-order valence-electron chi connectivity index (χ4n) is 2.30. The lowest BCUT2D eigenvalue weighted by atomic mass is 9.82. The topological polar surface area (TPSA) is 12.0 Å². The molecule has 1 saturated carbocycles. The monoisotopic (exact) mass is 181 g/mol. The third-order valence-electron chi connectivity index (χ3n) is 3.04. The third kappa shape index (κ3) is 3.51. The van der Waals surface area contributed by atoms with Gasteiger partial charge in [-0.3, -0.25) is 0 Å². The number of hydrogen-bond acceptors (Lipinski definition) is 1. The summed E-state index contributed by atoms with van der Waals surface area (Å²) < 4.78 is 0. The van der Waals surface area contributed by atoms with E-state index in [0.717, 1.165) is 12.0 Å². The molecule has 1 nitrogen and oxygen atoms in total. The first kappa shape index (κ1) is 10.8. The molecule has 1 N–H and O–H groups in total. The van der Waals surface area contributed by atoms with Gasteiger partial charge in [-0.2, -0.15) is 0 Å². The highest BCUT2D eigenvalue weighted by Gasteiger charge is 2.22. The van der Waals surface area contributed by atoms with Crippen LogP contribution < -0.4 is 5.32 Å². The molecule has 0 aromatic rings. The van der Waals surface area contributed by atoms with Crippen molar-refractivity contribution in [2.24, 2.45) is 5.92 Å². The molecule has 1 aliphatic rings. The van der Waals surface area contributed by atoms with Crippen LogP contribution in [0.4, 0.5) is 0 Å². The summed E-state index contributed by atoms with van der Waals surface area (Å²) in [6.07, 6.45) is 10.1. The molecule has 0 amide bonds. The van der Waals surface area contributed by atoms with Crippen molar-refractivity contribution in [3.8, 4) is 0 Å². The Kier molecular flexibility index (Phi) is 5.14. The quantitative estimate of drug-likeness (QED) is 0.643. The van der Waals surface area contributed by atoms with E-state index in [9.17, 15) is 0 Å². The average molecular weight is 181 g/mol. The molecule has 0 spiro atoms. The summed E-state index contributed by atoms with van der Waals surface area (Å²) in [6.45, 7) is 7.26. The van der Waals surface area contributed by atoms with Gasteiger partial charge in [0.05, 0.1) is 0 Å². The van der Waals surface area contributed by atoms with Crippen molar-refractivity contribution >= 4 is 0 Å². The summed E-state index contributed by atoms with van der Waals surface area (Å²) in [6, 6.07) is 0.770. The van der Waals surface area contributed by atoms with Crippen molar-refractivity contribution in [1.29, 1.82) is 0 Å². The van der Waals surface area contributed by atoms with Crippen molar-refractivity contribution in [2.75, 3.05) is 6.54 Å². The molecular weight excluding hydrogens is 158 g/mol. The Hall–Kier alpha value is -0.300. The van der Waals surface area contributed by atoms with Crippen LogP contribution in [0.5, 0.6) is 0 Å². The Morgan fingerprint density at radius 3 is 2.85 bits per heavy atom. The molecule has 1 heteroatoms. The molecule has 1 aliphatic carbocycles. The molecule has 0 radical (unpaired) electrons. The molecular formula is C12H23N. The van der Waals surface area contributed by atoms with Gasteiger partial charge in [-0.25, -0.2) is 0 Å². The summed E-state index contributed by atoms with van der Waals surface area (Å²) in [4.78, 5) is 0. The molecule has 2 atom stereocenters. The van der Waals surface area contributed by atoms with Crippen molar-refractivity contribution in [1.82, 2.24) is 5.32 Å². The van der Waals surface area contributed by atoms with Crippen LogP contribution in [0.15, 0.2) is 12.7 Å². The highest BCUT2D eigenvalue weighted by Crippen LogP contribution is 2.27. The minimum absolute atomic E-state index is 0.770. The highest BCUT2D eigenvalue weighted by atomic mass is 14.9. The predicted molar refractivity (Wildman–Crippen MR) is 58.9 cm³/mol. The van der Waals surface area contributed by atoms with Crippen LogP contribution in [0.3, 0.4) is 0 Å². The first-order valence-corrected chi connectivity index (χ1v) is 5.72. The van der Waals surface area contributed by atoms with E-state index in [0.29, 0.717) is 0 Å². The maximum absolute atomic E-state index is 3.84. The van der Waals surface area contributed by atoms with Crippen LogP contribution >= 0.6 is 0 Å². The summed E-state index contributed by atoms with van der Waals surface area (Å²) in [7, 11) is 0. The zero-order valence-electron chi connectivity index (χ0n) is 8.89. The smallest absolute Gasteiger partial charge is 0.00982 e. The number of rotatable bonds is 5. The molecule has 0 aromatic heterocycles. The van der Waals surface area contributed by atoms with E-state index in [-0.39, 0.29) is 0 Å². The van der Waals surface area contributed by atoms with Crippen LogP contribution in [0.1, 0.15) is 45.4 Å². The molecule has 76 valence electrons. The van der Waals surface area contributed by atoms with Crippen LogP contribution in [0, 0.1) is 5.92 Å². The lowest BCUT2D eigenvalue weighted by Gasteiger charge is -2.31. The minimum Gasteiger partial charge on any atom is -0.314 e. The number of nitrogens with one attached hydrogen (secondary N) is 1. The van der Waals surface area contributed by atoms with Crippen molar-refractivity contribution in [3.05, 3.63) is 12.7 Å². The zero-order chi connectivity index (χ0) is 9.52. The van der Waals surface area contributed by atoms with Gasteiger partial charge in [0, 0.05) is 6.04 Å². The van der Waals surface area contributed by atoms with Crippen molar-refractivity contribution in [3.63, 3.8) is 0 Å². The minimum atomic E-state index is 0.770. The Labute approximate surface area is 82.6 Å². The molecule has 0 bridgehead atoms. The summed E-state index contributed by atoms with van der Waals surface area (Å²) in [5, 5.41) is 3.66. The lowest BCUT2D eigenvalue weighted by Crippen LogP contribution is -2.38. The number of hydrogen-bond donors (Lipinski definition) is 1. The van der Waals surface area contributed by atoms with E-state index in [1.165, 1.54) is 45.1 Å².